The number of fused-ring (bicyclic) bond motifs is 1. The van der Waals surface area contributed by atoms with Crippen molar-refractivity contribution in [2.75, 3.05) is 5.73 Å². The molecule has 0 radical (unpaired) electrons. The molecule has 5 aromatic rings. The molecule has 0 aliphatic heterocycles. The van der Waals surface area contributed by atoms with Gasteiger partial charge in [0.25, 0.3) is 0 Å². The number of hydrogen-bond donors (Lipinski definition) is 2. The maximum Gasteiger partial charge on any atom is 0.215 e. The van der Waals surface area contributed by atoms with Crippen LogP contribution in [0.5, 0.6) is 0 Å². The monoisotopic (exact) mass is 436 g/mol. The van der Waals surface area contributed by atoms with Crippen LogP contribution in [0.4, 0.5) is 15.9 Å². The molecule has 7 nitrogen and oxygen atoms in total. The van der Waals surface area contributed by atoms with Crippen LogP contribution >= 0.6 is 0 Å². The van der Waals surface area contributed by atoms with Crippen molar-refractivity contribution in [3.63, 3.8) is 0 Å². The third kappa shape index (κ3) is 3.56. The number of halogens is 1. The van der Waals surface area contributed by atoms with Crippen LogP contribution in [0.1, 0.15) is 5.56 Å². The number of aliphatic hydroxyl groups is 1. The standard InChI is InChI=1S/C25H17FN6O/c1-28-20-13-21-25(31-22(20)16-6-8-17(26)9-7-16)32(18-10-4-15(14-33)5-11-18)24(30-21)19-3-2-12-29-23(19)27/h2-13,33H,14H2,(H2,27,29). The first-order chi connectivity index (χ1) is 16.1. The first-order valence-corrected chi connectivity index (χ1v) is 10.1. The molecule has 0 spiro atoms. The van der Waals surface area contributed by atoms with Crippen LogP contribution in [-0.4, -0.2) is 24.6 Å². The van der Waals surface area contributed by atoms with E-state index in [1.54, 1.807) is 30.5 Å². The molecule has 0 fully saturated rings. The zero-order valence-electron chi connectivity index (χ0n) is 17.3. The summed E-state index contributed by atoms with van der Waals surface area (Å²) in [6.07, 6.45) is 1.60. The third-order valence-corrected chi connectivity index (χ3v) is 5.31. The van der Waals surface area contributed by atoms with Crippen molar-refractivity contribution < 1.29 is 9.50 Å². The molecule has 0 amide bonds. The van der Waals surface area contributed by atoms with Gasteiger partial charge in [0.1, 0.15) is 11.6 Å². The van der Waals surface area contributed by atoms with Crippen molar-refractivity contribution in [3.8, 4) is 28.3 Å². The van der Waals surface area contributed by atoms with E-state index in [0.29, 0.717) is 45.3 Å². The maximum atomic E-state index is 13.5. The Balaban J connectivity index is 1.84. The third-order valence-electron chi connectivity index (χ3n) is 5.31. The minimum atomic E-state index is -0.368. The first-order valence-electron chi connectivity index (χ1n) is 10.1. The van der Waals surface area contributed by atoms with Gasteiger partial charge in [-0.2, -0.15) is 0 Å². The van der Waals surface area contributed by atoms with E-state index in [1.165, 1.54) is 12.1 Å². The Labute approximate surface area is 188 Å². The topological polar surface area (TPSA) is 94.2 Å². The Morgan fingerprint density at radius 3 is 2.45 bits per heavy atom. The molecular weight excluding hydrogens is 419 g/mol. The van der Waals surface area contributed by atoms with Crippen molar-refractivity contribution in [2.24, 2.45) is 0 Å². The Morgan fingerprint density at radius 2 is 1.79 bits per heavy atom. The molecule has 3 N–H and O–H groups in total. The second-order valence-corrected chi connectivity index (χ2v) is 7.35. The highest BCUT2D eigenvalue weighted by Gasteiger charge is 2.20. The van der Waals surface area contributed by atoms with Gasteiger partial charge in [-0.3, -0.25) is 4.57 Å². The number of nitrogens with zero attached hydrogens (tertiary/aromatic N) is 5. The zero-order chi connectivity index (χ0) is 22.9. The lowest BCUT2D eigenvalue weighted by Gasteiger charge is -2.11. The van der Waals surface area contributed by atoms with Crippen LogP contribution in [0.15, 0.2) is 72.9 Å². The minimum Gasteiger partial charge on any atom is -0.392 e. The fraction of sp³-hybridized carbons (Fsp3) is 0.0400. The molecule has 33 heavy (non-hydrogen) atoms. The van der Waals surface area contributed by atoms with E-state index < -0.39 is 0 Å². The van der Waals surface area contributed by atoms with E-state index in [9.17, 15) is 9.50 Å². The summed E-state index contributed by atoms with van der Waals surface area (Å²) in [7, 11) is 0. The van der Waals surface area contributed by atoms with Gasteiger partial charge in [-0.15, -0.1) is 0 Å². The van der Waals surface area contributed by atoms with Gasteiger partial charge in [-0.1, -0.05) is 24.3 Å². The van der Waals surface area contributed by atoms with Gasteiger partial charge in [0.2, 0.25) is 5.69 Å². The largest absolute Gasteiger partial charge is 0.392 e. The number of rotatable bonds is 4. The molecule has 5 rings (SSSR count). The number of hydrogen-bond acceptors (Lipinski definition) is 5. The SMILES string of the molecule is [C-]#[N+]c1cc2nc(-c3cccnc3N)n(-c3ccc(CO)cc3)c2nc1-c1ccc(F)cc1. The van der Waals surface area contributed by atoms with E-state index >= 15 is 0 Å². The summed E-state index contributed by atoms with van der Waals surface area (Å²) in [5, 5.41) is 9.43. The van der Waals surface area contributed by atoms with E-state index in [-0.39, 0.29) is 12.4 Å². The summed E-state index contributed by atoms with van der Waals surface area (Å²) in [4.78, 5) is 17.3. The number of aromatic nitrogens is 4. The van der Waals surface area contributed by atoms with Crippen LogP contribution < -0.4 is 5.73 Å². The molecule has 0 bridgehead atoms. The van der Waals surface area contributed by atoms with Crippen molar-refractivity contribution in [1.82, 2.24) is 19.5 Å². The van der Waals surface area contributed by atoms with Gasteiger partial charge in [0.15, 0.2) is 11.5 Å². The molecule has 0 saturated heterocycles. The molecule has 160 valence electrons. The molecule has 0 aliphatic carbocycles. The Morgan fingerprint density at radius 1 is 1.03 bits per heavy atom. The highest BCUT2D eigenvalue weighted by molar-refractivity contribution is 5.90. The number of pyridine rings is 2. The fourth-order valence-electron chi connectivity index (χ4n) is 3.68. The number of aliphatic hydroxyl groups excluding tert-OH is 1. The zero-order valence-corrected chi connectivity index (χ0v) is 17.3. The summed E-state index contributed by atoms with van der Waals surface area (Å²) in [5.41, 5.74) is 10.7. The van der Waals surface area contributed by atoms with Crippen molar-refractivity contribution in [2.45, 2.75) is 6.61 Å². The van der Waals surface area contributed by atoms with Crippen LogP contribution in [0.2, 0.25) is 0 Å². The van der Waals surface area contributed by atoms with E-state index in [1.807, 2.05) is 34.9 Å². The quantitative estimate of drug-likeness (QED) is 0.390. The average molecular weight is 436 g/mol. The molecular formula is C25H17FN6O. The van der Waals surface area contributed by atoms with Crippen molar-refractivity contribution in [1.29, 1.82) is 0 Å². The van der Waals surface area contributed by atoms with E-state index in [0.717, 1.165) is 11.3 Å². The number of benzene rings is 2. The molecule has 0 unspecified atom stereocenters. The van der Waals surface area contributed by atoms with Gasteiger partial charge >= 0.3 is 0 Å². The maximum absolute atomic E-state index is 13.5. The molecule has 3 aromatic heterocycles. The predicted molar refractivity (Wildman–Crippen MR) is 124 cm³/mol. The van der Waals surface area contributed by atoms with Crippen LogP contribution in [0.25, 0.3) is 44.3 Å². The second kappa shape index (κ2) is 8.15. The molecule has 2 aromatic carbocycles. The van der Waals surface area contributed by atoms with Crippen LogP contribution in [0, 0.1) is 12.4 Å². The van der Waals surface area contributed by atoms with Gasteiger partial charge in [-0.05, 0) is 53.6 Å². The summed E-state index contributed by atoms with van der Waals surface area (Å²) in [5.74, 6) is 0.463. The molecule has 3 heterocycles. The molecule has 0 aliphatic rings. The van der Waals surface area contributed by atoms with Gasteiger partial charge in [0.05, 0.1) is 30.0 Å². The van der Waals surface area contributed by atoms with Crippen molar-refractivity contribution in [3.05, 3.63) is 95.7 Å². The first kappa shape index (κ1) is 20.3. The summed E-state index contributed by atoms with van der Waals surface area (Å²) < 4.78 is 15.3. The van der Waals surface area contributed by atoms with Gasteiger partial charge < -0.3 is 10.8 Å². The normalized spacial score (nSPS) is 10.9. The van der Waals surface area contributed by atoms with E-state index in [4.69, 9.17) is 22.3 Å². The predicted octanol–water partition coefficient (Wildman–Crippen LogP) is 4.91. The number of nitrogens with two attached hydrogens (primary N) is 1. The molecule has 8 heteroatoms. The van der Waals surface area contributed by atoms with E-state index in [2.05, 4.69) is 9.83 Å². The molecule has 0 saturated carbocycles. The lowest BCUT2D eigenvalue weighted by atomic mass is 10.1. The Hall–Kier alpha value is -4.61. The Kier molecular flexibility index (Phi) is 5.01. The Bertz CT molecular complexity index is 1520. The number of imidazole rings is 1. The summed E-state index contributed by atoms with van der Waals surface area (Å²) in [6.45, 7) is 7.57. The minimum absolute atomic E-state index is 0.0747. The number of anilines is 1. The second-order valence-electron chi connectivity index (χ2n) is 7.35. The molecule has 0 atom stereocenters. The lowest BCUT2D eigenvalue weighted by Crippen LogP contribution is -2.02. The highest BCUT2D eigenvalue weighted by Crippen LogP contribution is 2.36. The highest BCUT2D eigenvalue weighted by atomic mass is 19.1. The fourth-order valence-corrected chi connectivity index (χ4v) is 3.68. The van der Waals surface area contributed by atoms with Crippen LogP contribution in [-0.2, 0) is 6.61 Å². The van der Waals surface area contributed by atoms with Gasteiger partial charge in [-0.25, -0.2) is 24.2 Å². The summed E-state index contributed by atoms with van der Waals surface area (Å²) >= 11 is 0. The average Bonchev–Trinajstić information content (AvgIpc) is 3.22. The van der Waals surface area contributed by atoms with Gasteiger partial charge in [0, 0.05) is 11.9 Å². The van der Waals surface area contributed by atoms with Crippen LogP contribution in [0.3, 0.4) is 0 Å². The lowest BCUT2D eigenvalue weighted by molar-refractivity contribution is 0.282. The smallest absolute Gasteiger partial charge is 0.215 e. The summed E-state index contributed by atoms with van der Waals surface area (Å²) in [6, 6.07) is 18.4. The van der Waals surface area contributed by atoms with Crippen molar-refractivity contribution >= 4 is 22.7 Å². The number of nitrogen functional groups attached to an aromatic ring is 1.